The molecule has 0 bridgehead atoms. The Hall–Kier alpha value is -2.40. The van der Waals surface area contributed by atoms with E-state index in [2.05, 4.69) is 56.5 Å². The zero-order valence-electron chi connectivity index (χ0n) is 17.1. The van der Waals surface area contributed by atoms with Gasteiger partial charge in [0, 0.05) is 24.3 Å². The van der Waals surface area contributed by atoms with Crippen LogP contribution in [0.25, 0.3) is 0 Å². The Morgan fingerprint density at radius 1 is 1.11 bits per heavy atom. The normalized spacial score (nSPS) is 15.0. The van der Waals surface area contributed by atoms with E-state index in [1.165, 1.54) is 16.7 Å². The molecule has 1 fully saturated rings. The summed E-state index contributed by atoms with van der Waals surface area (Å²) < 4.78 is 0. The average molecular weight is 396 g/mol. The predicted molar refractivity (Wildman–Crippen MR) is 121 cm³/mol. The van der Waals surface area contributed by atoms with Crippen LogP contribution in [-0.4, -0.2) is 17.6 Å². The molecule has 2 aromatic carbocycles. The highest BCUT2D eigenvalue weighted by atomic mass is 32.1. The monoisotopic (exact) mass is 395 g/mol. The highest BCUT2D eigenvalue weighted by molar-refractivity contribution is 7.80. The van der Waals surface area contributed by atoms with Gasteiger partial charge in [0.05, 0.1) is 6.04 Å². The molecule has 5 heteroatoms. The van der Waals surface area contributed by atoms with Crippen molar-refractivity contribution >= 4 is 34.6 Å². The van der Waals surface area contributed by atoms with Crippen molar-refractivity contribution in [3.8, 4) is 0 Å². The van der Waals surface area contributed by atoms with Crippen LogP contribution in [0, 0.1) is 19.8 Å². The summed E-state index contributed by atoms with van der Waals surface area (Å²) in [5, 5.41) is 7.35. The second-order valence-corrected chi connectivity index (χ2v) is 8.28. The van der Waals surface area contributed by atoms with E-state index in [0.717, 1.165) is 24.3 Å². The standard InChI is InChI=1S/C23H29N3OS/c1-15(2)22(20-12-7-16(3)14-17(20)4)25-23(28)24-18-8-10-19(11-9-18)26-13-5-6-21(26)27/h7-12,14-15,22H,5-6,13H2,1-4H3,(H2,24,25,28)/t22-/m0/s1. The summed E-state index contributed by atoms with van der Waals surface area (Å²) in [4.78, 5) is 13.7. The molecule has 148 valence electrons. The Kier molecular flexibility index (Phi) is 6.35. The smallest absolute Gasteiger partial charge is 0.227 e. The predicted octanol–water partition coefficient (Wildman–Crippen LogP) is 5.11. The minimum absolute atomic E-state index is 0.141. The third kappa shape index (κ3) is 4.71. The summed E-state index contributed by atoms with van der Waals surface area (Å²) in [6.07, 6.45) is 1.57. The lowest BCUT2D eigenvalue weighted by molar-refractivity contribution is -0.117. The van der Waals surface area contributed by atoms with E-state index < -0.39 is 0 Å². The van der Waals surface area contributed by atoms with Gasteiger partial charge in [-0.2, -0.15) is 0 Å². The molecule has 2 N–H and O–H groups in total. The van der Waals surface area contributed by atoms with Gasteiger partial charge in [0.15, 0.2) is 5.11 Å². The Morgan fingerprint density at radius 3 is 2.39 bits per heavy atom. The van der Waals surface area contributed by atoms with Crippen molar-refractivity contribution in [1.82, 2.24) is 5.32 Å². The number of benzene rings is 2. The van der Waals surface area contributed by atoms with Gasteiger partial charge in [-0.3, -0.25) is 4.79 Å². The van der Waals surface area contributed by atoms with Crippen LogP contribution < -0.4 is 15.5 Å². The number of nitrogens with zero attached hydrogens (tertiary/aromatic N) is 1. The van der Waals surface area contributed by atoms with E-state index >= 15 is 0 Å². The van der Waals surface area contributed by atoms with Crippen LogP contribution in [0.5, 0.6) is 0 Å². The fourth-order valence-corrected chi connectivity index (χ4v) is 3.98. The van der Waals surface area contributed by atoms with Crippen molar-refractivity contribution in [1.29, 1.82) is 0 Å². The fourth-order valence-electron chi connectivity index (χ4n) is 3.73. The number of aryl methyl sites for hydroxylation is 2. The summed E-state index contributed by atoms with van der Waals surface area (Å²) in [5.41, 5.74) is 5.67. The zero-order chi connectivity index (χ0) is 20.3. The van der Waals surface area contributed by atoms with Crippen LogP contribution in [0.4, 0.5) is 11.4 Å². The Bertz CT molecular complexity index is 861. The average Bonchev–Trinajstić information content (AvgIpc) is 3.07. The molecule has 0 spiro atoms. The molecule has 0 unspecified atom stereocenters. The number of hydrogen-bond donors (Lipinski definition) is 2. The molecule has 0 saturated carbocycles. The van der Waals surface area contributed by atoms with Gasteiger partial charge in [0.25, 0.3) is 0 Å². The van der Waals surface area contributed by atoms with Gasteiger partial charge >= 0.3 is 0 Å². The quantitative estimate of drug-likeness (QED) is 0.690. The lowest BCUT2D eigenvalue weighted by atomic mass is 9.92. The molecule has 1 heterocycles. The molecule has 4 nitrogen and oxygen atoms in total. The topological polar surface area (TPSA) is 44.4 Å². The van der Waals surface area contributed by atoms with Crippen molar-refractivity contribution in [3.63, 3.8) is 0 Å². The van der Waals surface area contributed by atoms with Gasteiger partial charge in [0.2, 0.25) is 5.91 Å². The molecule has 1 saturated heterocycles. The largest absolute Gasteiger partial charge is 0.355 e. The first-order chi connectivity index (χ1) is 13.3. The maximum atomic E-state index is 11.9. The summed E-state index contributed by atoms with van der Waals surface area (Å²) in [6.45, 7) is 9.45. The first-order valence-electron chi connectivity index (χ1n) is 9.90. The van der Waals surface area contributed by atoms with Crippen LogP contribution >= 0.6 is 12.2 Å². The third-order valence-corrected chi connectivity index (χ3v) is 5.44. The van der Waals surface area contributed by atoms with E-state index in [0.29, 0.717) is 17.5 Å². The zero-order valence-corrected chi connectivity index (χ0v) is 17.9. The summed E-state index contributed by atoms with van der Waals surface area (Å²) in [7, 11) is 0. The number of rotatable bonds is 5. The molecule has 2 aromatic rings. The van der Waals surface area contributed by atoms with Crippen LogP contribution in [-0.2, 0) is 4.79 Å². The number of thiocarbonyl (C=S) groups is 1. The fraction of sp³-hybridized carbons (Fsp3) is 0.391. The number of anilines is 2. The van der Waals surface area contributed by atoms with Gasteiger partial charge in [-0.15, -0.1) is 0 Å². The Balaban J connectivity index is 1.67. The molecule has 0 aromatic heterocycles. The molecular weight excluding hydrogens is 366 g/mol. The van der Waals surface area contributed by atoms with Gasteiger partial charge in [-0.1, -0.05) is 37.6 Å². The van der Waals surface area contributed by atoms with Gasteiger partial charge < -0.3 is 15.5 Å². The first kappa shape index (κ1) is 20.3. The molecule has 28 heavy (non-hydrogen) atoms. The van der Waals surface area contributed by atoms with E-state index in [1.54, 1.807) is 0 Å². The van der Waals surface area contributed by atoms with Gasteiger partial charge in [-0.25, -0.2) is 0 Å². The lowest BCUT2D eigenvalue weighted by Crippen LogP contribution is -2.35. The number of nitrogens with one attached hydrogen (secondary N) is 2. The number of carbonyl (C=O) groups is 1. The minimum atomic E-state index is 0.141. The van der Waals surface area contributed by atoms with Crippen LogP contribution in [0.1, 0.15) is 49.4 Å². The second-order valence-electron chi connectivity index (χ2n) is 7.88. The molecule has 1 aliphatic heterocycles. The van der Waals surface area contributed by atoms with E-state index in [-0.39, 0.29) is 11.9 Å². The Morgan fingerprint density at radius 2 is 1.82 bits per heavy atom. The molecular formula is C23H29N3OS. The molecule has 1 aliphatic rings. The van der Waals surface area contributed by atoms with Crippen molar-refractivity contribution in [2.75, 3.05) is 16.8 Å². The molecule has 0 radical (unpaired) electrons. The van der Waals surface area contributed by atoms with Crippen molar-refractivity contribution in [2.24, 2.45) is 5.92 Å². The number of hydrogen-bond acceptors (Lipinski definition) is 2. The van der Waals surface area contributed by atoms with Crippen molar-refractivity contribution < 1.29 is 4.79 Å². The second kappa shape index (κ2) is 8.74. The van der Waals surface area contributed by atoms with E-state index in [4.69, 9.17) is 12.2 Å². The highest BCUT2D eigenvalue weighted by Crippen LogP contribution is 2.26. The maximum Gasteiger partial charge on any atom is 0.227 e. The van der Waals surface area contributed by atoms with Crippen LogP contribution in [0.3, 0.4) is 0 Å². The van der Waals surface area contributed by atoms with Crippen LogP contribution in [0.2, 0.25) is 0 Å². The minimum Gasteiger partial charge on any atom is -0.355 e. The van der Waals surface area contributed by atoms with Crippen molar-refractivity contribution in [3.05, 3.63) is 59.2 Å². The highest BCUT2D eigenvalue weighted by Gasteiger charge is 2.22. The number of amides is 1. The molecule has 0 aliphatic carbocycles. The van der Waals surface area contributed by atoms with Crippen molar-refractivity contribution in [2.45, 2.75) is 46.6 Å². The SMILES string of the molecule is Cc1ccc([C@@H](NC(=S)Nc2ccc(N3CCCC3=O)cc2)C(C)C)c(C)c1. The van der Waals surface area contributed by atoms with Crippen LogP contribution in [0.15, 0.2) is 42.5 Å². The van der Waals surface area contributed by atoms with Gasteiger partial charge in [-0.05, 0) is 73.8 Å². The summed E-state index contributed by atoms with van der Waals surface area (Å²) >= 11 is 5.57. The maximum absolute atomic E-state index is 11.9. The van der Waals surface area contributed by atoms with E-state index in [9.17, 15) is 4.79 Å². The third-order valence-electron chi connectivity index (χ3n) is 5.22. The summed E-state index contributed by atoms with van der Waals surface area (Å²) in [6, 6.07) is 14.6. The van der Waals surface area contributed by atoms with E-state index in [1.807, 2.05) is 29.2 Å². The molecule has 1 atom stereocenters. The molecule has 1 amide bonds. The first-order valence-corrected chi connectivity index (χ1v) is 10.3. The molecule has 3 rings (SSSR count). The summed E-state index contributed by atoms with van der Waals surface area (Å²) in [5.74, 6) is 0.593. The lowest BCUT2D eigenvalue weighted by Gasteiger charge is -2.26. The van der Waals surface area contributed by atoms with Gasteiger partial charge in [0.1, 0.15) is 0 Å². The Labute approximate surface area is 173 Å². The number of carbonyl (C=O) groups excluding carboxylic acids is 1.